The number of nitrogens with two attached hydrogens (primary N) is 1. The van der Waals surface area contributed by atoms with Crippen molar-refractivity contribution in [3.05, 3.63) is 52.2 Å². The summed E-state index contributed by atoms with van der Waals surface area (Å²) >= 11 is 1.85. The lowest BCUT2D eigenvalue weighted by Crippen LogP contribution is -2.46. The Balaban J connectivity index is 1.80. The van der Waals surface area contributed by atoms with Gasteiger partial charge in [0.25, 0.3) is 0 Å². The number of piperidine rings is 1. The highest BCUT2D eigenvalue weighted by molar-refractivity contribution is 7.10. The fourth-order valence-electron chi connectivity index (χ4n) is 2.83. The predicted octanol–water partition coefficient (Wildman–Crippen LogP) is 3.38. The Kier molecular flexibility index (Phi) is 3.58. The zero-order valence-electron chi connectivity index (χ0n) is 11.3. The quantitative estimate of drug-likeness (QED) is 0.908. The van der Waals surface area contributed by atoms with Crippen molar-refractivity contribution in [1.29, 1.82) is 0 Å². The molecule has 3 rings (SSSR count). The summed E-state index contributed by atoms with van der Waals surface area (Å²) in [5, 5.41) is 2.16. The number of hydrogen-bond acceptors (Lipinski definition) is 3. The fraction of sp³-hybridized carbons (Fsp3) is 0.375. The average Bonchev–Trinajstić information content (AvgIpc) is 2.93. The molecule has 2 N–H and O–H groups in total. The van der Waals surface area contributed by atoms with Crippen molar-refractivity contribution in [2.75, 3.05) is 18.0 Å². The lowest BCUT2D eigenvalue weighted by atomic mass is 9.93. The molecule has 1 aromatic heterocycles. The van der Waals surface area contributed by atoms with Crippen molar-refractivity contribution in [2.24, 2.45) is 5.73 Å². The predicted molar refractivity (Wildman–Crippen MR) is 83.0 cm³/mol. The van der Waals surface area contributed by atoms with Crippen LogP contribution in [0.5, 0.6) is 0 Å². The molecule has 19 heavy (non-hydrogen) atoms. The van der Waals surface area contributed by atoms with Gasteiger partial charge in [-0.2, -0.15) is 0 Å². The zero-order valence-corrected chi connectivity index (χ0v) is 12.1. The van der Waals surface area contributed by atoms with Crippen molar-refractivity contribution in [3.63, 3.8) is 0 Å². The molecule has 1 saturated heterocycles. The van der Waals surface area contributed by atoms with E-state index in [-0.39, 0.29) is 6.04 Å². The van der Waals surface area contributed by atoms with E-state index in [0.29, 0.717) is 5.92 Å². The van der Waals surface area contributed by atoms with Crippen LogP contribution in [0.4, 0.5) is 5.69 Å². The molecule has 2 heterocycles. The molecule has 0 saturated carbocycles. The van der Waals surface area contributed by atoms with E-state index < -0.39 is 0 Å². The van der Waals surface area contributed by atoms with Crippen LogP contribution in [0, 0.1) is 6.92 Å². The highest BCUT2D eigenvalue weighted by atomic mass is 32.1. The Labute approximate surface area is 118 Å². The third kappa shape index (κ3) is 2.82. The first kappa shape index (κ1) is 12.7. The lowest BCUT2D eigenvalue weighted by Gasteiger charge is -2.37. The molecular formula is C16H20N2S. The summed E-state index contributed by atoms with van der Waals surface area (Å²) in [6.07, 6.45) is 1.10. The van der Waals surface area contributed by atoms with E-state index in [1.807, 2.05) is 11.3 Å². The topological polar surface area (TPSA) is 29.3 Å². The number of rotatable bonds is 2. The normalized spacial score (nSPS) is 23.6. The monoisotopic (exact) mass is 272 g/mol. The number of aryl methyl sites for hydroxylation is 1. The molecule has 2 unspecified atom stereocenters. The van der Waals surface area contributed by atoms with Gasteiger partial charge in [-0.15, -0.1) is 11.3 Å². The summed E-state index contributed by atoms with van der Waals surface area (Å²) in [6, 6.07) is 13.4. The van der Waals surface area contributed by atoms with E-state index in [2.05, 4.69) is 53.6 Å². The van der Waals surface area contributed by atoms with Gasteiger partial charge in [0.1, 0.15) is 0 Å². The Morgan fingerprint density at radius 3 is 2.63 bits per heavy atom. The van der Waals surface area contributed by atoms with Gasteiger partial charge in [-0.3, -0.25) is 0 Å². The van der Waals surface area contributed by atoms with Crippen LogP contribution in [0.15, 0.2) is 41.8 Å². The molecule has 0 aliphatic carbocycles. The molecule has 1 aliphatic rings. The molecule has 2 nitrogen and oxygen atoms in total. The molecular weight excluding hydrogens is 252 g/mol. The van der Waals surface area contributed by atoms with Crippen LogP contribution >= 0.6 is 11.3 Å². The van der Waals surface area contributed by atoms with E-state index in [0.717, 1.165) is 19.5 Å². The van der Waals surface area contributed by atoms with E-state index in [4.69, 9.17) is 5.73 Å². The van der Waals surface area contributed by atoms with E-state index in [9.17, 15) is 0 Å². The molecule has 0 spiro atoms. The van der Waals surface area contributed by atoms with Gasteiger partial charge in [0.15, 0.2) is 0 Å². The molecule has 3 heteroatoms. The van der Waals surface area contributed by atoms with Crippen molar-refractivity contribution in [2.45, 2.75) is 25.3 Å². The van der Waals surface area contributed by atoms with Crippen LogP contribution in [0.25, 0.3) is 0 Å². The van der Waals surface area contributed by atoms with Gasteiger partial charge >= 0.3 is 0 Å². The standard InChI is InChI=1S/C16H20N2S/c1-12-4-6-15(7-5-12)18-10-13(9-14(17)11-18)16-3-2-8-19-16/h2-8,13-14H,9-11,17H2,1H3. The summed E-state index contributed by atoms with van der Waals surface area (Å²) in [5.41, 5.74) is 8.85. The summed E-state index contributed by atoms with van der Waals surface area (Å²) in [7, 11) is 0. The van der Waals surface area contributed by atoms with Crippen molar-refractivity contribution < 1.29 is 0 Å². The first-order valence-corrected chi connectivity index (χ1v) is 7.71. The summed E-state index contributed by atoms with van der Waals surface area (Å²) in [6.45, 7) is 4.17. The molecule has 1 fully saturated rings. The minimum Gasteiger partial charge on any atom is -0.369 e. The van der Waals surface area contributed by atoms with Crippen LogP contribution in [-0.2, 0) is 0 Å². The van der Waals surface area contributed by atoms with Crippen molar-refractivity contribution >= 4 is 17.0 Å². The molecule has 0 amide bonds. The average molecular weight is 272 g/mol. The molecule has 1 aromatic carbocycles. The molecule has 2 atom stereocenters. The number of anilines is 1. The van der Waals surface area contributed by atoms with Crippen LogP contribution < -0.4 is 10.6 Å². The van der Waals surface area contributed by atoms with Gasteiger partial charge in [-0.05, 0) is 36.9 Å². The maximum absolute atomic E-state index is 6.25. The SMILES string of the molecule is Cc1ccc(N2CC(N)CC(c3cccs3)C2)cc1. The van der Waals surface area contributed by atoms with Gasteiger partial charge in [0.05, 0.1) is 0 Å². The maximum atomic E-state index is 6.25. The molecule has 100 valence electrons. The van der Waals surface area contributed by atoms with E-state index >= 15 is 0 Å². The number of thiophene rings is 1. The smallest absolute Gasteiger partial charge is 0.0367 e. The second-order valence-corrected chi connectivity index (χ2v) is 6.43. The van der Waals surface area contributed by atoms with E-state index in [1.165, 1.54) is 16.1 Å². The Morgan fingerprint density at radius 1 is 1.16 bits per heavy atom. The van der Waals surface area contributed by atoms with Gasteiger partial charge in [-0.1, -0.05) is 23.8 Å². The Hall–Kier alpha value is -1.32. The van der Waals surface area contributed by atoms with Crippen molar-refractivity contribution in [1.82, 2.24) is 0 Å². The zero-order chi connectivity index (χ0) is 13.2. The second kappa shape index (κ2) is 5.35. The third-order valence-corrected chi connectivity index (χ3v) is 4.86. The van der Waals surface area contributed by atoms with Gasteiger partial charge in [-0.25, -0.2) is 0 Å². The van der Waals surface area contributed by atoms with Crippen LogP contribution in [0.3, 0.4) is 0 Å². The van der Waals surface area contributed by atoms with E-state index in [1.54, 1.807) is 0 Å². The van der Waals surface area contributed by atoms with Gasteiger partial charge in [0.2, 0.25) is 0 Å². The van der Waals surface area contributed by atoms with Crippen LogP contribution in [-0.4, -0.2) is 19.1 Å². The number of hydrogen-bond donors (Lipinski definition) is 1. The number of benzene rings is 1. The molecule has 0 radical (unpaired) electrons. The molecule has 1 aliphatic heterocycles. The third-order valence-electron chi connectivity index (χ3n) is 3.83. The minimum absolute atomic E-state index is 0.266. The van der Waals surface area contributed by atoms with Gasteiger partial charge in [0, 0.05) is 35.6 Å². The van der Waals surface area contributed by atoms with Crippen LogP contribution in [0.1, 0.15) is 22.8 Å². The summed E-state index contributed by atoms with van der Waals surface area (Å²) in [5.74, 6) is 0.574. The largest absolute Gasteiger partial charge is 0.369 e. The fourth-order valence-corrected chi connectivity index (χ4v) is 3.67. The number of nitrogens with zero attached hydrogens (tertiary/aromatic N) is 1. The highest BCUT2D eigenvalue weighted by Crippen LogP contribution is 2.31. The Morgan fingerprint density at radius 2 is 1.95 bits per heavy atom. The highest BCUT2D eigenvalue weighted by Gasteiger charge is 2.26. The Bertz CT molecular complexity index is 518. The first-order valence-electron chi connectivity index (χ1n) is 6.83. The summed E-state index contributed by atoms with van der Waals surface area (Å²) < 4.78 is 0. The lowest BCUT2D eigenvalue weighted by molar-refractivity contribution is 0.458. The van der Waals surface area contributed by atoms with Crippen LogP contribution in [0.2, 0.25) is 0 Å². The second-order valence-electron chi connectivity index (χ2n) is 5.45. The first-order chi connectivity index (χ1) is 9.22. The van der Waals surface area contributed by atoms with Gasteiger partial charge < -0.3 is 10.6 Å². The van der Waals surface area contributed by atoms with Crippen molar-refractivity contribution in [3.8, 4) is 0 Å². The molecule has 2 aromatic rings. The maximum Gasteiger partial charge on any atom is 0.0367 e. The summed E-state index contributed by atoms with van der Waals surface area (Å²) in [4.78, 5) is 3.89. The molecule has 0 bridgehead atoms. The minimum atomic E-state index is 0.266.